The van der Waals surface area contributed by atoms with Crippen molar-refractivity contribution in [3.63, 3.8) is 0 Å². The highest BCUT2D eigenvalue weighted by Crippen LogP contribution is 2.23. The molecule has 0 unspecified atom stereocenters. The number of benzene rings is 1. The predicted molar refractivity (Wildman–Crippen MR) is 91.1 cm³/mol. The lowest BCUT2D eigenvalue weighted by Crippen LogP contribution is -2.30. The number of nitrogens with one attached hydrogen (secondary N) is 2. The number of aromatic amines is 1. The summed E-state index contributed by atoms with van der Waals surface area (Å²) < 4.78 is 4.97. The summed E-state index contributed by atoms with van der Waals surface area (Å²) in [5.41, 5.74) is 1.70. The number of amides is 1. The van der Waals surface area contributed by atoms with Gasteiger partial charge in [-0.3, -0.25) is 14.9 Å². The number of carbonyl (C=O) groups excluding carboxylic acids is 1. The van der Waals surface area contributed by atoms with Crippen LogP contribution in [0.2, 0.25) is 0 Å². The average molecular weight is 342 g/mol. The maximum atomic E-state index is 12.4. The van der Waals surface area contributed by atoms with Crippen LogP contribution < -0.4 is 5.32 Å². The van der Waals surface area contributed by atoms with Crippen molar-refractivity contribution in [2.75, 3.05) is 0 Å². The SMILES string of the molecule is CC(C)C[C@@H](NC(=O)c1ccc([N+](=O)[O-])o1)c1nc2ccccc2[nH]1. The van der Waals surface area contributed by atoms with Gasteiger partial charge < -0.3 is 14.7 Å². The Kier molecular flexibility index (Phi) is 4.51. The molecule has 0 radical (unpaired) electrons. The molecular weight excluding hydrogens is 324 g/mol. The molecule has 2 aromatic heterocycles. The van der Waals surface area contributed by atoms with Crippen LogP contribution in [0.3, 0.4) is 0 Å². The number of imidazole rings is 1. The lowest BCUT2D eigenvalue weighted by Gasteiger charge is -2.18. The van der Waals surface area contributed by atoms with Crippen molar-refractivity contribution in [1.82, 2.24) is 15.3 Å². The number of rotatable bonds is 6. The van der Waals surface area contributed by atoms with E-state index in [4.69, 9.17) is 4.42 Å². The molecule has 0 aliphatic rings. The maximum Gasteiger partial charge on any atom is 0.433 e. The van der Waals surface area contributed by atoms with Crippen molar-refractivity contribution in [2.24, 2.45) is 5.92 Å². The Morgan fingerprint density at radius 1 is 1.32 bits per heavy atom. The molecule has 1 aromatic carbocycles. The molecule has 2 N–H and O–H groups in total. The van der Waals surface area contributed by atoms with Crippen LogP contribution in [0.5, 0.6) is 0 Å². The van der Waals surface area contributed by atoms with Gasteiger partial charge in [-0.2, -0.15) is 0 Å². The summed E-state index contributed by atoms with van der Waals surface area (Å²) >= 11 is 0. The largest absolute Gasteiger partial charge is 0.433 e. The van der Waals surface area contributed by atoms with E-state index >= 15 is 0 Å². The number of hydrogen-bond acceptors (Lipinski definition) is 5. The van der Waals surface area contributed by atoms with Gasteiger partial charge in [0.15, 0.2) is 5.76 Å². The molecule has 25 heavy (non-hydrogen) atoms. The van der Waals surface area contributed by atoms with Gasteiger partial charge in [0.25, 0.3) is 5.91 Å². The standard InChI is InChI=1S/C17H18N4O4/c1-10(2)9-13(16-18-11-5-3-4-6-12(11)19-16)20-17(22)14-7-8-15(25-14)21(23)24/h3-8,10,13H,9H2,1-2H3,(H,18,19)(H,20,22)/t13-/m1/s1. The summed E-state index contributed by atoms with van der Waals surface area (Å²) in [6, 6.07) is 9.69. The normalized spacial score (nSPS) is 12.4. The summed E-state index contributed by atoms with van der Waals surface area (Å²) in [4.78, 5) is 30.2. The number of aromatic nitrogens is 2. The minimum absolute atomic E-state index is 0.100. The van der Waals surface area contributed by atoms with Crippen LogP contribution in [-0.2, 0) is 0 Å². The quantitative estimate of drug-likeness (QED) is 0.525. The third-order valence-corrected chi connectivity index (χ3v) is 3.75. The Bertz CT molecular complexity index is 879. The van der Waals surface area contributed by atoms with Gasteiger partial charge >= 0.3 is 5.88 Å². The topological polar surface area (TPSA) is 114 Å². The van der Waals surface area contributed by atoms with E-state index in [9.17, 15) is 14.9 Å². The molecule has 8 heteroatoms. The number of carbonyl (C=O) groups is 1. The third-order valence-electron chi connectivity index (χ3n) is 3.75. The first-order chi connectivity index (χ1) is 11.9. The van der Waals surface area contributed by atoms with E-state index < -0.39 is 16.7 Å². The summed E-state index contributed by atoms with van der Waals surface area (Å²) in [6.07, 6.45) is 0.661. The molecule has 8 nitrogen and oxygen atoms in total. The molecule has 0 aliphatic heterocycles. The number of para-hydroxylation sites is 2. The Morgan fingerprint density at radius 3 is 2.72 bits per heavy atom. The van der Waals surface area contributed by atoms with Crippen molar-refractivity contribution < 1.29 is 14.1 Å². The van der Waals surface area contributed by atoms with Gasteiger partial charge in [-0.05, 0) is 30.5 Å². The zero-order valence-corrected chi connectivity index (χ0v) is 13.9. The van der Waals surface area contributed by atoms with Gasteiger partial charge in [0, 0.05) is 0 Å². The minimum atomic E-state index is -0.679. The fourth-order valence-electron chi connectivity index (χ4n) is 2.63. The van der Waals surface area contributed by atoms with Gasteiger partial charge in [0.1, 0.15) is 10.7 Å². The lowest BCUT2D eigenvalue weighted by atomic mass is 10.0. The molecule has 0 saturated heterocycles. The molecule has 1 atom stereocenters. The van der Waals surface area contributed by atoms with E-state index in [1.807, 2.05) is 38.1 Å². The Morgan fingerprint density at radius 2 is 2.08 bits per heavy atom. The molecule has 0 spiro atoms. The average Bonchev–Trinajstić information content (AvgIpc) is 3.20. The molecule has 0 bridgehead atoms. The second-order valence-corrected chi connectivity index (χ2v) is 6.19. The molecule has 3 aromatic rings. The summed E-state index contributed by atoms with van der Waals surface area (Å²) in [5.74, 6) is -0.126. The van der Waals surface area contributed by atoms with Gasteiger partial charge in [-0.25, -0.2) is 4.98 Å². The zero-order valence-electron chi connectivity index (χ0n) is 13.9. The molecule has 2 heterocycles. The minimum Gasteiger partial charge on any atom is -0.395 e. The monoisotopic (exact) mass is 342 g/mol. The second-order valence-electron chi connectivity index (χ2n) is 6.19. The second kappa shape index (κ2) is 6.76. The first-order valence-electron chi connectivity index (χ1n) is 7.93. The van der Waals surface area contributed by atoms with Crippen LogP contribution in [-0.4, -0.2) is 20.8 Å². The van der Waals surface area contributed by atoms with Crippen molar-refractivity contribution in [3.05, 3.63) is 58.1 Å². The highest BCUT2D eigenvalue weighted by atomic mass is 16.6. The van der Waals surface area contributed by atoms with Gasteiger partial charge in [-0.1, -0.05) is 26.0 Å². The Hall–Kier alpha value is -3.16. The molecule has 0 fully saturated rings. The molecular formula is C17H18N4O4. The molecule has 0 aliphatic carbocycles. The van der Waals surface area contributed by atoms with E-state index in [0.29, 0.717) is 18.2 Å². The summed E-state index contributed by atoms with van der Waals surface area (Å²) in [6.45, 7) is 4.08. The van der Waals surface area contributed by atoms with E-state index in [1.165, 1.54) is 6.07 Å². The highest BCUT2D eigenvalue weighted by Gasteiger charge is 2.23. The van der Waals surface area contributed by atoms with Crippen LogP contribution in [0.25, 0.3) is 11.0 Å². The zero-order chi connectivity index (χ0) is 18.0. The first-order valence-corrected chi connectivity index (χ1v) is 7.93. The number of hydrogen-bond donors (Lipinski definition) is 2. The number of nitrogens with zero attached hydrogens (tertiary/aromatic N) is 2. The lowest BCUT2D eigenvalue weighted by molar-refractivity contribution is -0.402. The number of nitro groups is 1. The fraction of sp³-hybridized carbons (Fsp3) is 0.294. The molecule has 3 rings (SSSR count). The van der Waals surface area contributed by atoms with Crippen LogP contribution >= 0.6 is 0 Å². The summed E-state index contributed by atoms with van der Waals surface area (Å²) in [5, 5.41) is 13.5. The fourth-order valence-corrected chi connectivity index (χ4v) is 2.63. The third kappa shape index (κ3) is 3.68. The van der Waals surface area contributed by atoms with Crippen molar-refractivity contribution >= 4 is 22.8 Å². The van der Waals surface area contributed by atoms with E-state index in [-0.39, 0.29) is 11.8 Å². The van der Waals surface area contributed by atoms with E-state index in [2.05, 4.69) is 15.3 Å². The van der Waals surface area contributed by atoms with Gasteiger partial charge in [0.2, 0.25) is 0 Å². The Labute approximate surface area is 143 Å². The van der Waals surface area contributed by atoms with Crippen molar-refractivity contribution in [1.29, 1.82) is 0 Å². The number of furan rings is 1. The maximum absolute atomic E-state index is 12.4. The van der Waals surface area contributed by atoms with Crippen LogP contribution in [0, 0.1) is 16.0 Å². The van der Waals surface area contributed by atoms with Crippen LogP contribution in [0.1, 0.15) is 42.7 Å². The van der Waals surface area contributed by atoms with Gasteiger partial charge in [0.05, 0.1) is 23.1 Å². The first kappa shape index (κ1) is 16.7. The van der Waals surface area contributed by atoms with Crippen LogP contribution in [0.15, 0.2) is 40.8 Å². The number of H-pyrrole nitrogens is 1. The Balaban J connectivity index is 1.84. The molecule has 0 saturated carbocycles. The molecule has 1 amide bonds. The van der Waals surface area contributed by atoms with Crippen molar-refractivity contribution in [2.45, 2.75) is 26.3 Å². The molecule has 130 valence electrons. The van der Waals surface area contributed by atoms with E-state index in [0.717, 1.165) is 17.1 Å². The van der Waals surface area contributed by atoms with Crippen LogP contribution in [0.4, 0.5) is 5.88 Å². The smallest absolute Gasteiger partial charge is 0.395 e. The van der Waals surface area contributed by atoms with E-state index in [1.54, 1.807) is 0 Å². The van der Waals surface area contributed by atoms with Crippen molar-refractivity contribution in [3.8, 4) is 0 Å². The summed E-state index contributed by atoms with van der Waals surface area (Å²) in [7, 11) is 0. The number of fused-ring (bicyclic) bond motifs is 1. The van der Waals surface area contributed by atoms with Gasteiger partial charge in [-0.15, -0.1) is 0 Å². The predicted octanol–water partition coefficient (Wildman–Crippen LogP) is 3.58. The highest BCUT2D eigenvalue weighted by molar-refractivity contribution is 5.92.